The van der Waals surface area contributed by atoms with Crippen LogP contribution < -0.4 is 5.73 Å². The minimum Gasteiger partial charge on any atom is -0.329 e. The second-order valence-corrected chi connectivity index (χ2v) is 5.36. The Balaban J connectivity index is 2.06. The Labute approximate surface area is 127 Å². The lowest BCUT2D eigenvalue weighted by Gasteiger charge is -2.29. The lowest BCUT2D eigenvalue weighted by Crippen LogP contribution is -2.32. The van der Waals surface area contributed by atoms with Crippen LogP contribution in [0.2, 0.25) is 0 Å². The molecule has 2 aromatic rings. The van der Waals surface area contributed by atoms with Crippen LogP contribution in [0.25, 0.3) is 0 Å². The van der Waals surface area contributed by atoms with Crippen LogP contribution in [0.1, 0.15) is 29.8 Å². The normalized spacial score (nSPS) is 12.6. The Morgan fingerprint density at radius 3 is 2.57 bits per heavy atom. The van der Waals surface area contributed by atoms with Gasteiger partial charge in [-0.25, -0.2) is 0 Å². The molecule has 2 rings (SSSR count). The first-order valence-electron chi connectivity index (χ1n) is 7.64. The molecule has 1 unspecified atom stereocenters. The van der Waals surface area contributed by atoms with Gasteiger partial charge in [0.25, 0.3) is 0 Å². The molecule has 0 amide bonds. The van der Waals surface area contributed by atoms with Crippen LogP contribution in [0.15, 0.2) is 48.7 Å². The highest BCUT2D eigenvalue weighted by atomic mass is 15.1. The summed E-state index contributed by atoms with van der Waals surface area (Å²) in [5.74, 6) is 0. The Hall–Kier alpha value is -1.71. The Morgan fingerprint density at radius 2 is 1.90 bits per heavy atom. The molecule has 0 bridgehead atoms. The lowest BCUT2D eigenvalue weighted by atomic mass is 9.97. The van der Waals surface area contributed by atoms with Gasteiger partial charge in [0.1, 0.15) is 0 Å². The van der Waals surface area contributed by atoms with Gasteiger partial charge in [-0.15, -0.1) is 0 Å². The molecule has 112 valence electrons. The fourth-order valence-electron chi connectivity index (χ4n) is 2.72. The van der Waals surface area contributed by atoms with Crippen molar-refractivity contribution >= 4 is 0 Å². The third-order valence-corrected chi connectivity index (χ3v) is 4.00. The molecule has 1 aromatic carbocycles. The first-order chi connectivity index (χ1) is 10.3. The Bertz CT molecular complexity index is 539. The number of benzene rings is 1. The highest BCUT2D eigenvalue weighted by Crippen LogP contribution is 2.22. The minimum atomic E-state index is 0.268. The fraction of sp³-hybridized carbons (Fsp3) is 0.389. The van der Waals surface area contributed by atoms with E-state index in [4.69, 9.17) is 5.73 Å². The van der Waals surface area contributed by atoms with Crippen molar-refractivity contribution in [2.45, 2.75) is 25.8 Å². The smallest absolute Gasteiger partial charge is 0.0470 e. The van der Waals surface area contributed by atoms with Gasteiger partial charge in [0, 0.05) is 37.4 Å². The molecule has 0 aliphatic rings. The standard InChI is InChI=1S/C18H25N3/c1-3-15-8-4-5-10-17(15)18(14-19)21(2)13-11-16-9-6-7-12-20-16/h4-10,12,18H,3,11,13-14,19H2,1-2H3. The number of aryl methyl sites for hydroxylation is 1. The van der Waals surface area contributed by atoms with Crippen molar-refractivity contribution in [1.82, 2.24) is 9.88 Å². The van der Waals surface area contributed by atoms with Crippen molar-refractivity contribution in [3.05, 3.63) is 65.5 Å². The van der Waals surface area contributed by atoms with Crippen molar-refractivity contribution in [2.24, 2.45) is 5.73 Å². The molecule has 0 saturated heterocycles. The molecule has 0 saturated carbocycles. The zero-order valence-electron chi connectivity index (χ0n) is 13.0. The number of pyridine rings is 1. The SMILES string of the molecule is CCc1ccccc1C(CN)N(C)CCc1ccccn1. The summed E-state index contributed by atoms with van der Waals surface area (Å²) in [7, 11) is 2.15. The fourth-order valence-corrected chi connectivity index (χ4v) is 2.72. The summed E-state index contributed by atoms with van der Waals surface area (Å²) in [4.78, 5) is 6.72. The van der Waals surface area contributed by atoms with E-state index in [1.165, 1.54) is 11.1 Å². The molecule has 21 heavy (non-hydrogen) atoms. The number of nitrogens with two attached hydrogens (primary N) is 1. The summed E-state index contributed by atoms with van der Waals surface area (Å²) < 4.78 is 0. The zero-order valence-corrected chi connectivity index (χ0v) is 13.0. The molecular formula is C18H25N3. The van der Waals surface area contributed by atoms with E-state index < -0.39 is 0 Å². The molecule has 0 aliphatic heterocycles. The van der Waals surface area contributed by atoms with Crippen molar-refractivity contribution in [3.63, 3.8) is 0 Å². The largest absolute Gasteiger partial charge is 0.329 e. The first kappa shape index (κ1) is 15.7. The maximum atomic E-state index is 6.04. The molecule has 0 fully saturated rings. The lowest BCUT2D eigenvalue weighted by molar-refractivity contribution is 0.251. The third kappa shape index (κ3) is 4.13. The monoisotopic (exact) mass is 283 g/mol. The number of hydrogen-bond donors (Lipinski definition) is 1. The Morgan fingerprint density at radius 1 is 1.14 bits per heavy atom. The van der Waals surface area contributed by atoms with Gasteiger partial charge in [-0.2, -0.15) is 0 Å². The predicted octanol–water partition coefficient (Wildman–Crippen LogP) is 2.82. The summed E-state index contributed by atoms with van der Waals surface area (Å²) >= 11 is 0. The topological polar surface area (TPSA) is 42.1 Å². The van der Waals surface area contributed by atoms with Gasteiger partial charge in [-0.1, -0.05) is 37.3 Å². The van der Waals surface area contributed by atoms with Crippen molar-refractivity contribution < 1.29 is 0 Å². The maximum Gasteiger partial charge on any atom is 0.0470 e. The van der Waals surface area contributed by atoms with Gasteiger partial charge in [0.15, 0.2) is 0 Å². The first-order valence-corrected chi connectivity index (χ1v) is 7.64. The number of likely N-dealkylation sites (N-methyl/N-ethyl adjacent to an activating group) is 1. The van der Waals surface area contributed by atoms with Crippen LogP contribution in [-0.4, -0.2) is 30.0 Å². The van der Waals surface area contributed by atoms with Crippen LogP contribution in [0.4, 0.5) is 0 Å². The zero-order chi connectivity index (χ0) is 15.1. The van der Waals surface area contributed by atoms with Crippen LogP contribution in [0.5, 0.6) is 0 Å². The maximum absolute atomic E-state index is 6.04. The van der Waals surface area contributed by atoms with E-state index in [1.54, 1.807) is 0 Å². The van der Waals surface area contributed by atoms with Crippen LogP contribution in [0, 0.1) is 0 Å². The van der Waals surface area contributed by atoms with Gasteiger partial charge >= 0.3 is 0 Å². The molecule has 0 aliphatic carbocycles. The van der Waals surface area contributed by atoms with E-state index in [1.807, 2.05) is 18.3 Å². The molecular weight excluding hydrogens is 258 g/mol. The number of aromatic nitrogens is 1. The van der Waals surface area contributed by atoms with Crippen molar-refractivity contribution in [3.8, 4) is 0 Å². The average molecular weight is 283 g/mol. The van der Waals surface area contributed by atoms with E-state index in [2.05, 4.69) is 54.2 Å². The van der Waals surface area contributed by atoms with Gasteiger partial charge in [-0.05, 0) is 36.7 Å². The number of hydrogen-bond acceptors (Lipinski definition) is 3. The van der Waals surface area contributed by atoms with E-state index in [0.717, 1.165) is 25.1 Å². The summed E-state index contributed by atoms with van der Waals surface area (Å²) in [5.41, 5.74) is 9.91. The minimum absolute atomic E-state index is 0.268. The summed E-state index contributed by atoms with van der Waals surface area (Å²) in [6.45, 7) is 3.78. The quantitative estimate of drug-likeness (QED) is 0.849. The van der Waals surface area contributed by atoms with Crippen LogP contribution in [-0.2, 0) is 12.8 Å². The van der Waals surface area contributed by atoms with Gasteiger partial charge in [0.05, 0.1) is 0 Å². The second kappa shape index (κ2) is 7.91. The third-order valence-electron chi connectivity index (χ3n) is 4.00. The van der Waals surface area contributed by atoms with Crippen molar-refractivity contribution in [2.75, 3.05) is 20.1 Å². The van der Waals surface area contributed by atoms with E-state index in [9.17, 15) is 0 Å². The summed E-state index contributed by atoms with van der Waals surface area (Å²) in [5, 5.41) is 0. The number of nitrogens with zero attached hydrogens (tertiary/aromatic N) is 2. The highest BCUT2D eigenvalue weighted by molar-refractivity contribution is 5.30. The molecule has 1 heterocycles. The molecule has 3 heteroatoms. The van der Waals surface area contributed by atoms with Gasteiger partial charge in [0.2, 0.25) is 0 Å². The van der Waals surface area contributed by atoms with Gasteiger partial charge < -0.3 is 5.73 Å². The van der Waals surface area contributed by atoms with Crippen LogP contribution >= 0.6 is 0 Å². The average Bonchev–Trinajstić information content (AvgIpc) is 2.55. The molecule has 1 aromatic heterocycles. The van der Waals surface area contributed by atoms with Gasteiger partial charge in [-0.3, -0.25) is 9.88 Å². The Kier molecular flexibility index (Phi) is 5.90. The van der Waals surface area contributed by atoms with E-state index >= 15 is 0 Å². The van der Waals surface area contributed by atoms with Crippen molar-refractivity contribution in [1.29, 1.82) is 0 Å². The van der Waals surface area contributed by atoms with Crippen LogP contribution in [0.3, 0.4) is 0 Å². The summed E-state index contributed by atoms with van der Waals surface area (Å²) in [6.07, 6.45) is 3.84. The molecule has 2 N–H and O–H groups in total. The molecule has 0 radical (unpaired) electrons. The van der Waals surface area contributed by atoms with E-state index in [-0.39, 0.29) is 6.04 Å². The highest BCUT2D eigenvalue weighted by Gasteiger charge is 2.17. The van der Waals surface area contributed by atoms with E-state index in [0.29, 0.717) is 6.54 Å². The number of rotatable bonds is 7. The predicted molar refractivity (Wildman–Crippen MR) is 88.2 cm³/mol. The molecule has 3 nitrogen and oxygen atoms in total. The molecule has 0 spiro atoms. The summed E-state index contributed by atoms with van der Waals surface area (Å²) in [6, 6.07) is 14.9. The molecule has 1 atom stereocenters. The second-order valence-electron chi connectivity index (χ2n) is 5.36.